The van der Waals surface area contributed by atoms with Gasteiger partial charge in [-0.1, -0.05) is 44.2 Å². The summed E-state index contributed by atoms with van der Waals surface area (Å²) in [6, 6.07) is 14.2. The number of pyridine rings is 1. The SMILES string of the molecule is CC(C)c1ccc(C2CC(=O)c3cnc4nc(NCc5ccc6c(c5)OCCO6)[nH]c(=O)c4c3C2)cc1. The molecule has 0 spiro atoms. The number of ketones is 1. The molecule has 0 bridgehead atoms. The van der Waals surface area contributed by atoms with E-state index in [1.165, 1.54) is 5.56 Å². The van der Waals surface area contributed by atoms with Crippen LogP contribution in [0.3, 0.4) is 0 Å². The molecule has 3 heterocycles. The first-order valence-electron chi connectivity index (χ1n) is 12.6. The van der Waals surface area contributed by atoms with Gasteiger partial charge < -0.3 is 14.8 Å². The van der Waals surface area contributed by atoms with Crippen molar-refractivity contribution in [2.24, 2.45) is 0 Å². The largest absolute Gasteiger partial charge is 0.486 e. The third-order valence-corrected chi connectivity index (χ3v) is 7.17. The summed E-state index contributed by atoms with van der Waals surface area (Å²) in [7, 11) is 0. The number of carbonyl (C=O) groups excluding carboxylic acids is 1. The van der Waals surface area contributed by atoms with Gasteiger partial charge in [-0.15, -0.1) is 0 Å². The molecule has 2 aromatic carbocycles. The summed E-state index contributed by atoms with van der Waals surface area (Å²) in [4.78, 5) is 38.0. The molecule has 8 heteroatoms. The third-order valence-electron chi connectivity index (χ3n) is 7.17. The summed E-state index contributed by atoms with van der Waals surface area (Å²) in [5.41, 5.74) is 4.60. The number of benzene rings is 2. The molecule has 0 saturated carbocycles. The number of ether oxygens (including phenoxy) is 2. The van der Waals surface area contributed by atoms with Crippen molar-refractivity contribution in [3.05, 3.63) is 86.8 Å². The zero-order valence-electron chi connectivity index (χ0n) is 20.8. The van der Waals surface area contributed by atoms with Crippen molar-refractivity contribution in [1.29, 1.82) is 0 Å². The summed E-state index contributed by atoms with van der Waals surface area (Å²) in [5.74, 6) is 2.22. The number of aromatic amines is 1. The Bertz CT molecular complexity index is 1560. The molecule has 8 nitrogen and oxygen atoms in total. The maximum atomic E-state index is 13.2. The first-order valence-corrected chi connectivity index (χ1v) is 12.6. The van der Waals surface area contributed by atoms with Gasteiger partial charge in [0.1, 0.15) is 13.2 Å². The molecule has 6 rings (SSSR count). The van der Waals surface area contributed by atoms with Gasteiger partial charge in [-0.3, -0.25) is 14.6 Å². The van der Waals surface area contributed by atoms with E-state index < -0.39 is 0 Å². The number of carbonyl (C=O) groups is 1. The summed E-state index contributed by atoms with van der Waals surface area (Å²) in [5, 5.41) is 3.56. The van der Waals surface area contributed by atoms with E-state index in [-0.39, 0.29) is 17.3 Å². The first kappa shape index (κ1) is 23.2. The normalized spacial score (nSPS) is 16.6. The maximum Gasteiger partial charge on any atom is 0.262 e. The Balaban J connectivity index is 1.27. The van der Waals surface area contributed by atoms with E-state index in [0.717, 1.165) is 22.4 Å². The van der Waals surface area contributed by atoms with Crippen LogP contribution in [0.1, 0.15) is 64.7 Å². The van der Waals surface area contributed by atoms with Crippen molar-refractivity contribution in [2.45, 2.75) is 45.1 Å². The molecule has 188 valence electrons. The Morgan fingerprint density at radius 2 is 1.81 bits per heavy atom. The van der Waals surface area contributed by atoms with Crippen LogP contribution in [0, 0.1) is 0 Å². The molecule has 1 aliphatic heterocycles. The Morgan fingerprint density at radius 1 is 1.03 bits per heavy atom. The molecule has 1 atom stereocenters. The molecular weight excluding hydrogens is 468 g/mol. The van der Waals surface area contributed by atoms with Crippen LogP contribution in [0.2, 0.25) is 0 Å². The smallest absolute Gasteiger partial charge is 0.262 e. The summed E-state index contributed by atoms with van der Waals surface area (Å²) in [6.45, 7) is 5.82. The van der Waals surface area contributed by atoms with Crippen LogP contribution in [0.5, 0.6) is 11.5 Å². The quantitative estimate of drug-likeness (QED) is 0.411. The van der Waals surface area contributed by atoms with E-state index in [9.17, 15) is 9.59 Å². The highest BCUT2D eigenvalue weighted by atomic mass is 16.6. The van der Waals surface area contributed by atoms with Crippen LogP contribution < -0.4 is 20.3 Å². The number of fused-ring (bicyclic) bond motifs is 4. The van der Waals surface area contributed by atoms with E-state index in [1.54, 1.807) is 6.20 Å². The molecule has 1 unspecified atom stereocenters. The van der Waals surface area contributed by atoms with Crippen molar-refractivity contribution in [3.63, 3.8) is 0 Å². The van der Waals surface area contributed by atoms with Crippen LogP contribution in [0.25, 0.3) is 11.0 Å². The Labute approximate surface area is 214 Å². The van der Waals surface area contributed by atoms with Crippen molar-refractivity contribution in [2.75, 3.05) is 18.5 Å². The van der Waals surface area contributed by atoms with Crippen LogP contribution in [-0.2, 0) is 13.0 Å². The number of H-pyrrole nitrogens is 1. The van der Waals surface area contributed by atoms with Gasteiger partial charge >= 0.3 is 0 Å². The molecule has 0 fully saturated rings. The monoisotopic (exact) mass is 496 g/mol. The molecule has 37 heavy (non-hydrogen) atoms. The molecule has 0 radical (unpaired) electrons. The van der Waals surface area contributed by atoms with E-state index in [4.69, 9.17) is 9.47 Å². The minimum Gasteiger partial charge on any atom is -0.486 e. The lowest BCUT2D eigenvalue weighted by Crippen LogP contribution is -2.23. The standard InChI is InChI=1S/C29H28N4O4/c1-16(2)18-4-6-19(7-5-18)20-12-21-22(23(34)13-20)15-30-27-26(21)28(35)33-29(32-27)31-14-17-3-8-24-25(11-17)37-10-9-36-24/h3-8,11,15-16,20H,9-10,12-14H2,1-2H3,(H2,30,31,32,33,35). The highest BCUT2D eigenvalue weighted by Gasteiger charge is 2.29. The molecular formula is C29H28N4O4. The lowest BCUT2D eigenvalue weighted by molar-refractivity contribution is 0.0964. The maximum absolute atomic E-state index is 13.2. The fraction of sp³-hybridized carbons (Fsp3) is 0.310. The minimum atomic E-state index is -0.303. The predicted molar refractivity (Wildman–Crippen MR) is 141 cm³/mol. The molecule has 2 N–H and O–H groups in total. The lowest BCUT2D eigenvalue weighted by atomic mass is 9.79. The van der Waals surface area contributed by atoms with E-state index in [1.807, 2.05) is 18.2 Å². The summed E-state index contributed by atoms with van der Waals surface area (Å²) < 4.78 is 11.2. The number of nitrogens with zero attached hydrogens (tertiary/aromatic N) is 2. The van der Waals surface area contributed by atoms with Gasteiger partial charge in [0.05, 0.1) is 5.39 Å². The van der Waals surface area contributed by atoms with Gasteiger partial charge in [0, 0.05) is 24.7 Å². The van der Waals surface area contributed by atoms with Crippen LogP contribution in [-0.4, -0.2) is 33.9 Å². The number of hydrogen-bond acceptors (Lipinski definition) is 7. The van der Waals surface area contributed by atoms with Crippen molar-refractivity contribution < 1.29 is 14.3 Å². The number of hydrogen-bond donors (Lipinski definition) is 2. The number of aromatic nitrogens is 3. The number of Topliss-reactive ketones (excluding diaryl/α,β-unsaturated/α-hetero) is 1. The average Bonchev–Trinajstić information content (AvgIpc) is 2.91. The molecule has 0 saturated heterocycles. The highest BCUT2D eigenvalue weighted by Crippen LogP contribution is 2.35. The summed E-state index contributed by atoms with van der Waals surface area (Å²) in [6.07, 6.45) is 2.56. The number of anilines is 1. The second-order valence-electron chi connectivity index (χ2n) is 9.94. The zero-order chi connectivity index (χ0) is 25.5. The van der Waals surface area contributed by atoms with Gasteiger partial charge in [-0.05, 0) is 52.6 Å². The van der Waals surface area contributed by atoms with Crippen molar-refractivity contribution >= 4 is 22.8 Å². The second-order valence-corrected chi connectivity index (χ2v) is 9.94. The number of rotatable bonds is 5. The molecule has 0 amide bonds. The minimum absolute atomic E-state index is 0.00814. The third kappa shape index (κ3) is 4.43. The molecule has 4 aromatic rings. The Morgan fingerprint density at radius 3 is 2.59 bits per heavy atom. The van der Waals surface area contributed by atoms with E-state index >= 15 is 0 Å². The highest BCUT2D eigenvalue weighted by molar-refractivity contribution is 6.02. The van der Waals surface area contributed by atoms with Gasteiger partial charge in [0.25, 0.3) is 5.56 Å². The molecule has 1 aliphatic carbocycles. The average molecular weight is 497 g/mol. The predicted octanol–water partition coefficient (Wildman–Crippen LogP) is 4.74. The van der Waals surface area contributed by atoms with E-state index in [0.29, 0.717) is 66.8 Å². The van der Waals surface area contributed by atoms with E-state index in [2.05, 4.69) is 58.4 Å². The summed E-state index contributed by atoms with van der Waals surface area (Å²) >= 11 is 0. The zero-order valence-corrected chi connectivity index (χ0v) is 20.8. The Kier molecular flexibility index (Phi) is 5.87. The van der Waals surface area contributed by atoms with Crippen LogP contribution in [0.15, 0.2) is 53.5 Å². The first-order chi connectivity index (χ1) is 18.0. The van der Waals surface area contributed by atoms with Gasteiger partial charge in [-0.2, -0.15) is 4.98 Å². The molecule has 2 aromatic heterocycles. The van der Waals surface area contributed by atoms with Crippen molar-refractivity contribution in [3.8, 4) is 11.5 Å². The van der Waals surface area contributed by atoms with Gasteiger partial charge in [0.2, 0.25) is 5.95 Å². The Hall–Kier alpha value is -4.20. The number of nitrogens with one attached hydrogen (secondary N) is 2. The fourth-order valence-electron chi connectivity index (χ4n) is 5.13. The van der Waals surface area contributed by atoms with Crippen LogP contribution in [0.4, 0.5) is 5.95 Å². The van der Waals surface area contributed by atoms with Crippen molar-refractivity contribution in [1.82, 2.24) is 15.0 Å². The fourth-order valence-corrected chi connectivity index (χ4v) is 5.13. The second kappa shape index (κ2) is 9.35. The van der Waals surface area contributed by atoms with Crippen LogP contribution >= 0.6 is 0 Å². The molecule has 2 aliphatic rings. The topological polar surface area (TPSA) is 106 Å². The van der Waals surface area contributed by atoms with Gasteiger partial charge in [0.15, 0.2) is 22.9 Å². The van der Waals surface area contributed by atoms with Gasteiger partial charge in [-0.25, -0.2) is 4.98 Å². The lowest BCUT2D eigenvalue weighted by Gasteiger charge is -2.25.